The summed E-state index contributed by atoms with van der Waals surface area (Å²) in [6, 6.07) is 12.5. The van der Waals surface area contributed by atoms with Crippen LogP contribution in [0.3, 0.4) is 0 Å². The zero-order valence-corrected chi connectivity index (χ0v) is 11.4. The van der Waals surface area contributed by atoms with Crippen molar-refractivity contribution in [1.82, 2.24) is 0 Å². The molecule has 96 valence electrons. The van der Waals surface area contributed by atoms with E-state index < -0.39 is 0 Å². The van der Waals surface area contributed by atoms with E-state index in [9.17, 15) is 5.11 Å². The second kappa shape index (κ2) is 4.67. The molecule has 0 heterocycles. The molecular formula is C18H18O. The average molecular weight is 250 g/mol. The van der Waals surface area contributed by atoms with Crippen LogP contribution in [-0.4, -0.2) is 5.11 Å². The Morgan fingerprint density at radius 3 is 2.53 bits per heavy atom. The average Bonchev–Trinajstić information content (AvgIpc) is 2.89. The van der Waals surface area contributed by atoms with Gasteiger partial charge in [0.1, 0.15) is 0 Å². The Morgan fingerprint density at radius 2 is 1.74 bits per heavy atom. The van der Waals surface area contributed by atoms with Gasteiger partial charge in [-0.1, -0.05) is 42.5 Å². The Balaban J connectivity index is 2.20. The lowest BCUT2D eigenvalue weighted by Gasteiger charge is -2.14. The van der Waals surface area contributed by atoms with Crippen LogP contribution in [-0.2, 0) is 13.0 Å². The minimum absolute atomic E-state index is 0.0910. The Labute approximate surface area is 114 Å². The van der Waals surface area contributed by atoms with Gasteiger partial charge in [-0.15, -0.1) is 0 Å². The summed E-state index contributed by atoms with van der Waals surface area (Å²) < 4.78 is 0. The summed E-state index contributed by atoms with van der Waals surface area (Å²) in [6.07, 6.45) is 3.29. The quantitative estimate of drug-likeness (QED) is 0.860. The molecule has 1 N–H and O–H groups in total. The maximum Gasteiger partial charge on any atom is 0.0687 e. The number of aliphatic hydroxyl groups excluding tert-OH is 1. The summed E-state index contributed by atoms with van der Waals surface area (Å²) in [5.74, 6) is 0. The summed E-state index contributed by atoms with van der Waals surface area (Å²) >= 11 is 0. The number of aliphatic hydroxyl groups is 1. The van der Waals surface area contributed by atoms with Crippen LogP contribution in [0.15, 0.2) is 42.5 Å². The largest absolute Gasteiger partial charge is 0.392 e. The van der Waals surface area contributed by atoms with Gasteiger partial charge in [0.15, 0.2) is 0 Å². The Kier molecular flexibility index (Phi) is 3.00. The molecular weight excluding hydrogens is 232 g/mol. The number of rotatable bonds is 2. The van der Waals surface area contributed by atoms with E-state index >= 15 is 0 Å². The van der Waals surface area contributed by atoms with Crippen molar-refractivity contribution in [2.75, 3.05) is 0 Å². The molecule has 0 saturated heterocycles. The zero-order valence-electron chi connectivity index (χ0n) is 11.4. The van der Waals surface area contributed by atoms with Crippen LogP contribution in [0.1, 0.15) is 33.4 Å². The SMILES string of the molecule is Cc1ccc(C)c2c1CC=C2c1ccccc1CO. The van der Waals surface area contributed by atoms with Gasteiger partial charge in [0, 0.05) is 0 Å². The van der Waals surface area contributed by atoms with Crippen LogP contribution < -0.4 is 0 Å². The lowest BCUT2D eigenvalue weighted by atomic mass is 9.91. The van der Waals surface area contributed by atoms with E-state index in [1.165, 1.54) is 27.8 Å². The summed E-state index contributed by atoms with van der Waals surface area (Å²) in [5, 5.41) is 9.52. The van der Waals surface area contributed by atoms with E-state index in [-0.39, 0.29) is 6.61 Å². The highest BCUT2D eigenvalue weighted by Crippen LogP contribution is 2.37. The monoisotopic (exact) mass is 250 g/mol. The molecule has 1 heteroatoms. The van der Waals surface area contributed by atoms with Gasteiger partial charge in [0.2, 0.25) is 0 Å². The molecule has 3 rings (SSSR count). The standard InChI is InChI=1S/C18H18O/c1-12-7-8-13(2)18-15(12)9-10-17(18)16-6-4-3-5-14(16)11-19/h3-8,10,19H,9,11H2,1-2H3. The molecule has 1 aliphatic rings. The normalized spacial score (nSPS) is 13.3. The van der Waals surface area contributed by atoms with Gasteiger partial charge >= 0.3 is 0 Å². The van der Waals surface area contributed by atoms with Gasteiger partial charge in [0.25, 0.3) is 0 Å². The molecule has 0 aliphatic heterocycles. The molecule has 0 bridgehead atoms. The number of hydrogen-bond donors (Lipinski definition) is 1. The first kappa shape index (κ1) is 12.2. The van der Waals surface area contributed by atoms with Crippen LogP contribution in [0.2, 0.25) is 0 Å². The van der Waals surface area contributed by atoms with E-state index in [2.05, 4.69) is 38.1 Å². The lowest BCUT2D eigenvalue weighted by Crippen LogP contribution is -1.97. The molecule has 0 fully saturated rings. The van der Waals surface area contributed by atoms with E-state index in [0.29, 0.717) is 0 Å². The van der Waals surface area contributed by atoms with E-state index in [1.807, 2.05) is 18.2 Å². The predicted octanol–water partition coefficient (Wildman–Crippen LogP) is 3.78. The highest BCUT2D eigenvalue weighted by Gasteiger charge is 2.20. The second-order valence-electron chi connectivity index (χ2n) is 5.19. The van der Waals surface area contributed by atoms with Crippen molar-refractivity contribution in [3.05, 3.63) is 75.9 Å². The van der Waals surface area contributed by atoms with Gasteiger partial charge in [-0.25, -0.2) is 0 Å². The van der Waals surface area contributed by atoms with Crippen molar-refractivity contribution in [2.45, 2.75) is 26.9 Å². The molecule has 2 aromatic rings. The third kappa shape index (κ3) is 1.91. The topological polar surface area (TPSA) is 20.2 Å². The molecule has 1 aliphatic carbocycles. The summed E-state index contributed by atoms with van der Waals surface area (Å²) in [4.78, 5) is 0. The van der Waals surface area contributed by atoms with Gasteiger partial charge in [-0.05, 0) is 59.2 Å². The molecule has 0 aromatic heterocycles. The van der Waals surface area contributed by atoms with Gasteiger partial charge in [0.05, 0.1) is 6.61 Å². The molecule has 0 unspecified atom stereocenters. The summed E-state index contributed by atoms with van der Waals surface area (Å²) in [6.45, 7) is 4.43. The minimum Gasteiger partial charge on any atom is -0.392 e. The number of benzene rings is 2. The maximum atomic E-state index is 9.52. The summed E-state index contributed by atoms with van der Waals surface area (Å²) in [5.41, 5.74) is 8.91. The first-order valence-corrected chi connectivity index (χ1v) is 6.71. The third-order valence-corrected chi connectivity index (χ3v) is 4.01. The summed E-state index contributed by atoms with van der Waals surface area (Å²) in [7, 11) is 0. The van der Waals surface area contributed by atoms with E-state index in [4.69, 9.17) is 0 Å². The number of hydrogen-bond acceptors (Lipinski definition) is 1. The van der Waals surface area contributed by atoms with E-state index in [0.717, 1.165) is 17.5 Å². The van der Waals surface area contributed by atoms with Gasteiger partial charge < -0.3 is 5.11 Å². The van der Waals surface area contributed by atoms with E-state index in [1.54, 1.807) is 0 Å². The van der Waals surface area contributed by atoms with Crippen molar-refractivity contribution in [1.29, 1.82) is 0 Å². The highest BCUT2D eigenvalue weighted by molar-refractivity contribution is 5.87. The molecule has 0 radical (unpaired) electrons. The molecule has 19 heavy (non-hydrogen) atoms. The number of aryl methyl sites for hydroxylation is 2. The fraction of sp³-hybridized carbons (Fsp3) is 0.222. The number of fused-ring (bicyclic) bond motifs is 1. The molecule has 0 spiro atoms. The molecule has 0 amide bonds. The van der Waals surface area contributed by atoms with Crippen molar-refractivity contribution in [2.24, 2.45) is 0 Å². The van der Waals surface area contributed by atoms with Crippen LogP contribution in [0.25, 0.3) is 5.57 Å². The maximum absolute atomic E-state index is 9.52. The van der Waals surface area contributed by atoms with Crippen LogP contribution >= 0.6 is 0 Å². The van der Waals surface area contributed by atoms with Crippen molar-refractivity contribution in [3.8, 4) is 0 Å². The van der Waals surface area contributed by atoms with Crippen LogP contribution in [0.5, 0.6) is 0 Å². The Morgan fingerprint density at radius 1 is 1.00 bits per heavy atom. The van der Waals surface area contributed by atoms with Crippen molar-refractivity contribution in [3.63, 3.8) is 0 Å². The fourth-order valence-corrected chi connectivity index (χ4v) is 2.98. The first-order valence-electron chi connectivity index (χ1n) is 6.71. The molecule has 0 atom stereocenters. The zero-order chi connectivity index (χ0) is 13.4. The van der Waals surface area contributed by atoms with Crippen molar-refractivity contribution >= 4 is 5.57 Å². The smallest absolute Gasteiger partial charge is 0.0687 e. The highest BCUT2D eigenvalue weighted by atomic mass is 16.3. The fourth-order valence-electron chi connectivity index (χ4n) is 2.98. The second-order valence-corrected chi connectivity index (χ2v) is 5.19. The number of allylic oxidation sites excluding steroid dienone is 1. The van der Waals surface area contributed by atoms with Crippen LogP contribution in [0.4, 0.5) is 0 Å². The van der Waals surface area contributed by atoms with Gasteiger partial charge in [-0.3, -0.25) is 0 Å². The Hall–Kier alpha value is -1.86. The Bertz CT molecular complexity index is 665. The van der Waals surface area contributed by atoms with Gasteiger partial charge in [-0.2, -0.15) is 0 Å². The molecule has 0 saturated carbocycles. The molecule has 2 aromatic carbocycles. The van der Waals surface area contributed by atoms with Crippen LogP contribution in [0, 0.1) is 13.8 Å². The third-order valence-electron chi connectivity index (χ3n) is 4.01. The lowest BCUT2D eigenvalue weighted by molar-refractivity contribution is 0.281. The first-order chi connectivity index (χ1) is 9.22. The van der Waals surface area contributed by atoms with Crippen molar-refractivity contribution < 1.29 is 5.11 Å². The molecule has 1 nitrogen and oxygen atoms in total. The predicted molar refractivity (Wildman–Crippen MR) is 79.1 cm³/mol. The minimum atomic E-state index is 0.0910.